The first-order valence-electron chi connectivity index (χ1n) is 3.80. The minimum absolute atomic E-state index is 0.526. The standard InChI is InChI=1S/C8H14N2S/c1-7(2)6-8(11)10-5-3-4-9/h7H,3,5-6H2,1-2H3,(H,10,11). The third kappa shape index (κ3) is 7.27. The van der Waals surface area contributed by atoms with E-state index in [0.29, 0.717) is 18.9 Å². The van der Waals surface area contributed by atoms with E-state index in [4.69, 9.17) is 17.5 Å². The van der Waals surface area contributed by atoms with Crippen LogP contribution in [0.2, 0.25) is 0 Å². The van der Waals surface area contributed by atoms with Crippen molar-refractivity contribution in [2.75, 3.05) is 6.54 Å². The predicted molar refractivity (Wildman–Crippen MR) is 50.3 cm³/mol. The topological polar surface area (TPSA) is 35.8 Å². The molecule has 0 aromatic heterocycles. The molecule has 0 atom stereocenters. The number of nitriles is 1. The van der Waals surface area contributed by atoms with Gasteiger partial charge < -0.3 is 5.32 Å². The summed E-state index contributed by atoms with van der Waals surface area (Å²) in [5.74, 6) is 0.595. The SMILES string of the molecule is CC(C)CC(=S)NCCC#N. The highest BCUT2D eigenvalue weighted by Crippen LogP contribution is 1.99. The highest BCUT2D eigenvalue weighted by atomic mass is 32.1. The summed E-state index contributed by atoms with van der Waals surface area (Å²) in [6, 6.07) is 2.05. The molecular weight excluding hydrogens is 156 g/mol. The molecule has 1 N–H and O–H groups in total. The fourth-order valence-corrected chi connectivity index (χ4v) is 1.14. The molecule has 11 heavy (non-hydrogen) atoms. The molecule has 0 amide bonds. The Morgan fingerprint density at radius 1 is 1.64 bits per heavy atom. The summed E-state index contributed by atoms with van der Waals surface area (Å²) < 4.78 is 0. The Bertz CT molecular complexity index is 158. The van der Waals surface area contributed by atoms with Crippen LogP contribution in [-0.4, -0.2) is 11.5 Å². The van der Waals surface area contributed by atoms with Gasteiger partial charge in [0.1, 0.15) is 0 Å². The van der Waals surface area contributed by atoms with Crippen molar-refractivity contribution in [3.8, 4) is 6.07 Å². The molecule has 0 aliphatic rings. The Hall–Kier alpha value is -0.620. The summed E-state index contributed by atoms with van der Waals surface area (Å²) >= 11 is 5.02. The summed E-state index contributed by atoms with van der Waals surface area (Å²) in [6.07, 6.45) is 1.44. The molecular formula is C8H14N2S. The number of nitrogens with one attached hydrogen (secondary N) is 1. The molecule has 62 valence electrons. The third-order valence-electron chi connectivity index (χ3n) is 1.15. The Morgan fingerprint density at radius 3 is 2.73 bits per heavy atom. The molecule has 3 heteroatoms. The molecule has 0 rings (SSSR count). The molecule has 0 aliphatic carbocycles. The van der Waals surface area contributed by atoms with Crippen LogP contribution in [0, 0.1) is 17.2 Å². The van der Waals surface area contributed by atoms with E-state index in [2.05, 4.69) is 25.2 Å². The second-order valence-corrected chi connectivity index (χ2v) is 3.35. The van der Waals surface area contributed by atoms with Crippen LogP contribution in [0.1, 0.15) is 26.7 Å². The highest BCUT2D eigenvalue weighted by Gasteiger charge is 1.98. The second kappa shape index (κ2) is 6.11. The predicted octanol–water partition coefficient (Wildman–Crippen LogP) is 1.86. The van der Waals surface area contributed by atoms with Crippen molar-refractivity contribution in [2.24, 2.45) is 5.92 Å². The van der Waals surface area contributed by atoms with Gasteiger partial charge >= 0.3 is 0 Å². The first kappa shape index (κ1) is 10.4. The van der Waals surface area contributed by atoms with E-state index in [0.717, 1.165) is 11.4 Å². The normalized spacial score (nSPS) is 9.27. The molecule has 0 aromatic rings. The van der Waals surface area contributed by atoms with E-state index in [1.54, 1.807) is 0 Å². The van der Waals surface area contributed by atoms with Crippen molar-refractivity contribution in [1.82, 2.24) is 5.32 Å². The number of hydrogen-bond donors (Lipinski definition) is 1. The fraction of sp³-hybridized carbons (Fsp3) is 0.750. The second-order valence-electron chi connectivity index (χ2n) is 2.86. The van der Waals surface area contributed by atoms with Crippen molar-refractivity contribution in [2.45, 2.75) is 26.7 Å². The maximum atomic E-state index is 8.23. The first-order valence-corrected chi connectivity index (χ1v) is 4.21. The van der Waals surface area contributed by atoms with Gasteiger partial charge in [0.15, 0.2) is 0 Å². The zero-order valence-corrected chi connectivity index (χ0v) is 7.87. The molecule has 0 unspecified atom stereocenters. The number of nitrogens with zero attached hydrogens (tertiary/aromatic N) is 1. The molecule has 0 aliphatic heterocycles. The number of thiocarbonyl (C=S) groups is 1. The molecule has 0 saturated heterocycles. The van der Waals surface area contributed by atoms with Crippen LogP contribution in [0.5, 0.6) is 0 Å². The molecule has 0 spiro atoms. The van der Waals surface area contributed by atoms with E-state index >= 15 is 0 Å². The average Bonchev–Trinajstić information content (AvgIpc) is 1.86. The molecule has 2 nitrogen and oxygen atoms in total. The van der Waals surface area contributed by atoms with Crippen LogP contribution < -0.4 is 5.32 Å². The lowest BCUT2D eigenvalue weighted by Crippen LogP contribution is -2.23. The lowest BCUT2D eigenvalue weighted by molar-refractivity contribution is 0.674. The molecule has 0 bridgehead atoms. The van der Waals surface area contributed by atoms with Gasteiger partial charge in [-0.15, -0.1) is 0 Å². The minimum Gasteiger partial charge on any atom is -0.379 e. The van der Waals surface area contributed by atoms with Gasteiger partial charge in [-0.3, -0.25) is 0 Å². The van der Waals surface area contributed by atoms with Gasteiger partial charge in [0, 0.05) is 13.0 Å². The van der Waals surface area contributed by atoms with E-state index in [1.807, 2.05) is 0 Å². The summed E-state index contributed by atoms with van der Waals surface area (Å²) in [6.45, 7) is 4.93. The summed E-state index contributed by atoms with van der Waals surface area (Å²) in [5.41, 5.74) is 0. The van der Waals surface area contributed by atoms with Gasteiger partial charge in [-0.2, -0.15) is 5.26 Å². The Labute approximate surface area is 73.6 Å². The zero-order valence-electron chi connectivity index (χ0n) is 7.05. The molecule has 0 aromatic carbocycles. The Morgan fingerprint density at radius 2 is 2.27 bits per heavy atom. The van der Waals surface area contributed by atoms with Crippen molar-refractivity contribution in [3.05, 3.63) is 0 Å². The number of rotatable bonds is 4. The molecule has 0 heterocycles. The quantitative estimate of drug-likeness (QED) is 0.517. The van der Waals surface area contributed by atoms with Crippen molar-refractivity contribution in [3.63, 3.8) is 0 Å². The summed E-state index contributed by atoms with van der Waals surface area (Å²) in [7, 11) is 0. The first-order chi connectivity index (χ1) is 5.16. The van der Waals surface area contributed by atoms with E-state index in [1.165, 1.54) is 0 Å². The third-order valence-corrected chi connectivity index (χ3v) is 1.46. The van der Waals surface area contributed by atoms with Gasteiger partial charge in [-0.05, 0) is 5.92 Å². The van der Waals surface area contributed by atoms with Crippen LogP contribution in [0.3, 0.4) is 0 Å². The summed E-state index contributed by atoms with van der Waals surface area (Å²) in [5, 5.41) is 11.3. The Balaban J connectivity index is 3.32. The van der Waals surface area contributed by atoms with Gasteiger partial charge in [0.25, 0.3) is 0 Å². The fourth-order valence-electron chi connectivity index (χ4n) is 0.701. The minimum atomic E-state index is 0.526. The maximum Gasteiger partial charge on any atom is 0.0756 e. The molecule has 0 radical (unpaired) electrons. The molecule has 0 fully saturated rings. The van der Waals surface area contributed by atoms with E-state index in [-0.39, 0.29) is 0 Å². The number of hydrogen-bond acceptors (Lipinski definition) is 2. The van der Waals surface area contributed by atoms with Crippen molar-refractivity contribution >= 4 is 17.2 Å². The summed E-state index contributed by atoms with van der Waals surface area (Å²) in [4.78, 5) is 0.871. The van der Waals surface area contributed by atoms with E-state index < -0.39 is 0 Å². The van der Waals surface area contributed by atoms with Gasteiger partial charge in [-0.1, -0.05) is 26.1 Å². The van der Waals surface area contributed by atoms with Gasteiger partial charge in [-0.25, -0.2) is 0 Å². The average molecular weight is 170 g/mol. The zero-order chi connectivity index (χ0) is 8.69. The Kier molecular flexibility index (Phi) is 5.77. The van der Waals surface area contributed by atoms with Crippen molar-refractivity contribution < 1.29 is 0 Å². The maximum absolute atomic E-state index is 8.23. The lowest BCUT2D eigenvalue weighted by atomic mass is 10.1. The van der Waals surface area contributed by atoms with Crippen LogP contribution in [0.4, 0.5) is 0 Å². The van der Waals surface area contributed by atoms with Crippen LogP contribution in [0.25, 0.3) is 0 Å². The smallest absolute Gasteiger partial charge is 0.0756 e. The van der Waals surface area contributed by atoms with Crippen molar-refractivity contribution in [1.29, 1.82) is 5.26 Å². The van der Waals surface area contributed by atoms with Gasteiger partial charge in [0.05, 0.1) is 17.5 Å². The molecule has 0 saturated carbocycles. The van der Waals surface area contributed by atoms with Crippen LogP contribution in [0.15, 0.2) is 0 Å². The largest absolute Gasteiger partial charge is 0.379 e. The highest BCUT2D eigenvalue weighted by molar-refractivity contribution is 7.80. The van der Waals surface area contributed by atoms with Gasteiger partial charge in [0.2, 0.25) is 0 Å². The lowest BCUT2D eigenvalue weighted by Gasteiger charge is -2.07. The van der Waals surface area contributed by atoms with Crippen LogP contribution in [-0.2, 0) is 0 Å². The van der Waals surface area contributed by atoms with Crippen LogP contribution >= 0.6 is 12.2 Å². The van der Waals surface area contributed by atoms with E-state index in [9.17, 15) is 0 Å². The monoisotopic (exact) mass is 170 g/mol.